The van der Waals surface area contributed by atoms with Crippen LogP contribution in [0.3, 0.4) is 0 Å². The Morgan fingerprint density at radius 3 is 2.19 bits per heavy atom. The molecule has 1 unspecified atom stereocenters. The number of hydrogen-bond donors (Lipinski definition) is 1. The van der Waals surface area contributed by atoms with Gasteiger partial charge in [-0.05, 0) is 25.3 Å². The van der Waals surface area contributed by atoms with Crippen LogP contribution >= 0.6 is 0 Å². The van der Waals surface area contributed by atoms with Crippen molar-refractivity contribution in [2.24, 2.45) is 5.92 Å². The van der Waals surface area contributed by atoms with Crippen molar-refractivity contribution in [3.8, 4) is 0 Å². The molecule has 1 atom stereocenters. The second-order valence-corrected chi connectivity index (χ2v) is 6.51. The van der Waals surface area contributed by atoms with E-state index in [4.69, 9.17) is 14.2 Å². The van der Waals surface area contributed by atoms with E-state index in [1.807, 2.05) is 44.2 Å². The summed E-state index contributed by atoms with van der Waals surface area (Å²) in [7, 11) is 0. The smallest absolute Gasteiger partial charge is 0.407 e. The predicted molar refractivity (Wildman–Crippen MR) is 99.7 cm³/mol. The molecule has 0 aromatic heterocycles. The first kappa shape index (κ1) is 22.2. The van der Waals surface area contributed by atoms with Crippen LogP contribution in [0.25, 0.3) is 0 Å². The molecule has 0 fully saturated rings. The van der Waals surface area contributed by atoms with Crippen molar-refractivity contribution >= 4 is 18.0 Å². The normalized spacial score (nSPS) is 12.1. The van der Waals surface area contributed by atoms with Crippen molar-refractivity contribution < 1.29 is 28.6 Å². The number of amides is 1. The largest absolute Gasteiger partial charge is 0.460 e. The number of benzene rings is 1. The van der Waals surface area contributed by atoms with Gasteiger partial charge in [0.1, 0.15) is 13.2 Å². The van der Waals surface area contributed by atoms with Gasteiger partial charge in [0.2, 0.25) is 0 Å². The van der Waals surface area contributed by atoms with E-state index in [1.165, 1.54) is 0 Å². The fourth-order valence-electron chi connectivity index (χ4n) is 1.94. The van der Waals surface area contributed by atoms with Crippen molar-refractivity contribution in [3.05, 3.63) is 48.0 Å². The summed E-state index contributed by atoms with van der Waals surface area (Å²) in [5, 5.41) is 2.68. The van der Waals surface area contributed by atoms with Crippen LogP contribution in [0.5, 0.6) is 0 Å². The molecule has 7 nitrogen and oxygen atoms in total. The molecule has 7 heteroatoms. The van der Waals surface area contributed by atoms with Gasteiger partial charge in [0, 0.05) is 12.2 Å². The first-order valence-electron chi connectivity index (χ1n) is 8.80. The van der Waals surface area contributed by atoms with Crippen molar-refractivity contribution in [1.29, 1.82) is 0 Å². The molecule has 0 spiro atoms. The highest BCUT2D eigenvalue weighted by molar-refractivity contribution is 5.91. The average Bonchev–Trinajstić information content (AvgIpc) is 2.61. The maximum absolute atomic E-state index is 11.9. The summed E-state index contributed by atoms with van der Waals surface area (Å²) >= 11 is 0. The van der Waals surface area contributed by atoms with E-state index < -0.39 is 24.1 Å². The summed E-state index contributed by atoms with van der Waals surface area (Å²) in [6.07, 6.45) is 1.14. The van der Waals surface area contributed by atoms with Crippen LogP contribution in [-0.4, -0.2) is 36.8 Å². The summed E-state index contributed by atoms with van der Waals surface area (Å²) in [6.45, 7) is 7.29. The van der Waals surface area contributed by atoms with Gasteiger partial charge in [-0.1, -0.05) is 44.2 Å². The molecule has 1 rings (SSSR count). The molecular weight excluding hydrogens is 350 g/mol. The van der Waals surface area contributed by atoms with Crippen molar-refractivity contribution in [3.63, 3.8) is 0 Å². The maximum Gasteiger partial charge on any atom is 0.407 e. The zero-order valence-electron chi connectivity index (χ0n) is 16.1. The third-order valence-corrected chi connectivity index (χ3v) is 3.43. The zero-order valence-corrected chi connectivity index (χ0v) is 16.1. The number of nitrogens with one attached hydrogen (secondary N) is 1. The van der Waals surface area contributed by atoms with E-state index in [1.54, 1.807) is 13.8 Å². The average molecular weight is 377 g/mol. The summed E-state index contributed by atoms with van der Waals surface area (Å²) in [5.74, 6) is -1.30. The lowest BCUT2D eigenvalue weighted by Gasteiger charge is -2.21. The Balaban J connectivity index is 2.42. The van der Waals surface area contributed by atoms with Crippen molar-refractivity contribution in [2.45, 2.75) is 46.4 Å². The topological polar surface area (TPSA) is 90.9 Å². The van der Waals surface area contributed by atoms with Gasteiger partial charge < -0.3 is 19.5 Å². The molecule has 0 aliphatic carbocycles. The Morgan fingerprint density at radius 2 is 1.59 bits per heavy atom. The van der Waals surface area contributed by atoms with Crippen molar-refractivity contribution in [2.75, 3.05) is 6.61 Å². The van der Waals surface area contributed by atoms with Gasteiger partial charge in [0.05, 0.1) is 12.1 Å². The molecule has 148 valence electrons. The molecule has 0 saturated carbocycles. The van der Waals surface area contributed by atoms with Crippen LogP contribution in [0.2, 0.25) is 0 Å². The lowest BCUT2D eigenvalue weighted by Crippen LogP contribution is -2.42. The fraction of sp³-hybridized carbons (Fsp3) is 0.450. The first-order chi connectivity index (χ1) is 12.8. The number of esters is 2. The number of carbonyl (C=O) groups excluding carboxylic acids is 3. The van der Waals surface area contributed by atoms with E-state index in [-0.39, 0.29) is 25.2 Å². The number of rotatable bonds is 9. The molecule has 0 radical (unpaired) electrons. The number of carbonyl (C=O) groups is 3. The standard InChI is InChI=1S/C20H27NO6/c1-14(2)17(13-25-18(22)10-11-19(23)27-15(3)4)21-20(24)26-12-16-8-6-5-7-9-16/h5-11,14-15,17H,12-13H2,1-4H3,(H,21,24). The number of ether oxygens (including phenoxy) is 3. The van der Waals surface area contributed by atoms with Crippen LogP contribution in [0.1, 0.15) is 33.3 Å². The van der Waals surface area contributed by atoms with Gasteiger partial charge in [0.25, 0.3) is 0 Å². The fourth-order valence-corrected chi connectivity index (χ4v) is 1.94. The molecule has 0 heterocycles. The molecule has 0 aliphatic heterocycles. The van der Waals surface area contributed by atoms with Crippen LogP contribution in [-0.2, 0) is 30.4 Å². The molecule has 1 aromatic rings. The highest BCUT2D eigenvalue weighted by Gasteiger charge is 2.19. The summed E-state index contributed by atoms with van der Waals surface area (Å²) in [4.78, 5) is 35.0. The molecule has 0 aliphatic rings. The minimum Gasteiger partial charge on any atom is -0.460 e. The number of alkyl carbamates (subject to hydrolysis) is 1. The quantitative estimate of drug-likeness (QED) is 0.404. The van der Waals surface area contributed by atoms with Gasteiger partial charge in [-0.15, -0.1) is 0 Å². The Morgan fingerprint density at radius 1 is 0.963 bits per heavy atom. The molecule has 27 heavy (non-hydrogen) atoms. The van der Waals surface area contributed by atoms with Crippen LogP contribution in [0.4, 0.5) is 4.79 Å². The second kappa shape index (κ2) is 11.7. The van der Waals surface area contributed by atoms with E-state index >= 15 is 0 Å². The molecule has 0 saturated heterocycles. The molecule has 1 N–H and O–H groups in total. The third-order valence-electron chi connectivity index (χ3n) is 3.43. The van der Waals surface area contributed by atoms with Crippen LogP contribution in [0.15, 0.2) is 42.5 Å². The molecular formula is C20H27NO6. The van der Waals surface area contributed by atoms with Gasteiger partial charge in [-0.25, -0.2) is 14.4 Å². The SMILES string of the molecule is CC(C)OC(=O)C=CC(=O)OCC(NC(=O)OCc1ccccc1)C(C)C. The minimum absolute atomic E-state index is 0.0111. The first-order valence-corrected chi connectivity index (χ1v) is 8.80. The van der Waals surface area contributed by atoms with E-state index in [0.717, 1.165) is 17.7 Å². The monoisotopic (exact) mass is 377 g/mol. The van der Waals surface area contributed by atoms with E-state index in [2.05, 4.69) is 5.32 Å². The van der Waals surface area contributed by atoms with E-state index in [9.17, 15) is 14.4 Å². The zero-order chi connectivity index (χ0) is 20.2. The summed E-state index contributed by atoms with van der Waals surface area (Å²) < 4.78 is 15.1. The molecule has 0 bridgehead atoms. The lowest BCUT2D eigenvalue weighted by atomic mass is 10.1. The summed E-state index contributed by atoms with van der Waals surface area (Å²) in [5.41, 5.74) is 0.874. The van der Waals surface area contributed by atoms with Gasteiger partial charge in [-0.3, -0.25) is 0 Å². The maximum atomic E-state index is 11.9. The van der Waals surface area contributed by atoms with Crippen molar-refractivity contribution in [1.82, 2.24) is 5.32 Å². The number of hydrogen-bond acceptors (Lipinski definition) is 6. The summed E-state index contributed by atoms with van der Waals surface area (Å²) in [6, 6.07) is 8.88. The van der Waals surface area contributed by atoms with Gasteiger partial charge >= 0.3 is 18.0 Å². The van der Waals surface area contributed by atoms with Crippen LogP contribution < -0.4 is 5.32 Å². The highest BCUT2D eigenvalue weighted by atomic mass is 16.6. The lowest BCUT2D eigenvalue weighted by molar-refractivity contribution is -0.143. The van der Waals surface area contributed by atoms with Gasteiger partial charge in [0.15, 0.2) is 0 Å². The third kappa shape index (κ3) is 10.0. The Hall–Kier alpha value is -2.83. The highest BCUT2D eigenvalue weighted by Crippen LogP contribution is 2.05. The Labute approximate surface area is 159 Å². The predicted octanol–water partition coefficient (Wildman–Crippen LogP) is 2.99. The van der Waals surface area contributed by atoms with E-state index in [0.29, 0.717) is 0 Å². The van der Waals surface area contributed by atoms with Gasteiger partial charge in [-0.2, -0.15) is 0 Å². The Kier molecular flexibility index (Phi) is 9.64. The molecule has 1 amide bonds. The van der Waals surface area contributed by atoms with Crippen LogP contribution in [0, 0.1) is 5.92 Å². The molecule has 1 aromatic carbocycles. The Bertz CT molecular complexity index is 639. The second-order valence-electron chi connectivity index (χ2n) is 6.51. The minimum atomic E-state index is -0.694.